The number of likely N-dealkylation sites (N-methyl/N-ethyl adjacent to an activating group) is 1. The molecule has 0 amide bonds. The van der Waals surface area contributed by atoms with E-state index < -0.39 is 16.1 Å². The summed E-state index contributed by atoms with van der Waals surface area (Å²) in [6.07, 6.45) is 0. The van der Waals surface area contributed by atoms with Crippen LogP contribution in [0, 0.1) is 0 Å². The highest BCUT2D eigenvalue weighted by molar-refractivity contribution is 7.84. The molecule has 0 aromatic heterocycles. The first-order valence-electron chi connectivity index (χ1n) is 12.1. The zero-order chi connectivity index (χ0) is 23.6. The summed E-state index contributed by atoms with van der Waals surface area (Å²) < 4.78 is 2.83. The molecule has 4 aromatic carbocycles. The molecule has 4 heteroatoms. The summed E-state index contributed by atoms with van der Waals surface area (Å²) in [5, 5.41) is 5.62. The minimum Gasteiger partial charge on any atom is -0.303 e. The molecular weight excluding hydrogens is 450 g/mol. The van der Waals surface area contributed by atoms with E-state index in [-0.39, 0.29) is 0 Å². The maximum atomic E-state index is 2.83. The van der Waals surface area contributed by atoms with Gasteiger partial charge in [0.05, 0.1) is 0 Å². The van der Waals surface area contributed by atoms with Gasteiger partial charge in [-0.3, -0.25) is 0 Å². The van der Waals surface area contributed by atoms with Crippen molar-refractivity contribution in [2.24, 2.45) is 0 Å². The maximum Gasteiger partial charge on any atom is 0.0323 e. The van der Waals surface area contributed by atoms with Crippen LogP contribution in [-0.2, 0) is 0 Å². The van der Waals surface area contributed by atoms with Crippen LogP contribution in [0.1, 0.15) is 13.8 Å². The minimum atomic E-state index is -0.706. The molecule has 34 heavy (non-hydrogen) atoms. The molecule has 0 radical (unpaired) electrons. The van der Waals surface area contributed by atoms with E-state index in [0.29, 0.717) is 0 Å². The van der Waals surface area contributed by atoms with E-state index in [1.165, 1.54) is 21.2 Å². The summed E-state index contributed by atoms with van der Waals surface area (Å²) in [4.78, 5) is 2.54. The quantitative estimate of drug-likeness (QED) is 0.251. The lowest BCUT2D eigenvalue weighted by molar-refractivity contribution is 0.298. The smallest absolute Gasteiger partial charge is 0.0323 e. The SMILES string of the molecule is CCN(CC)CCN(P(c1ccccc1)c1ccccc1)P(c1ccccc1)c1ccccc1. The molecule has 0 aliphatic carbocycles. The third-order valence-electron chi connectivity index (χ3n) is 5.98. The van der Waals surface area contributed by atoms with Crippen LogP contribution in [0.3, 0.4) is 0 Å². The van der Waals surface area contributed by atoms with Gasteiger partial charge in [0.2, 0.25) is 0 Å². The van der Waals surface area contributed by atoms with Gasteiger partial charge in [-0.15, -0.1) is 0 Å². The van der Waals surface area contributed by atoms with Crippen LogP contribution in [0.4, 0.5) is 0 Å². The Balaban J connectivity index is 1.88. The molecule has 0 bridgehead atoms. The summed E-state index contributed by atoms with van der Waals surface area (Å²) in [6, 6.07) is 44.5. The molecular formula is C30H34N2P2. The fourth-order valence-electron chi connectivity index (χ4n) is 4.17. The van der Waals surface area contributed by atoms with Crippen molar-refractivity contribution in [3.63, 3.8) is 0 Å². The highest BCUT2D eigenvalue weighted by Crippen LogP contribution is 2.54. The van der Waals surface area contributed by atoms with Crippen molar-refractivity contribution < 1.29 is 0 Å². The van der Waals surface area contributed by atoms with E-state index in [2.05, 4.69) is 145 Å². The van der Waals surface area contributed by atoms with Gasteiger partial charge in [0.1, 0.15) is 0 Å². The van der Waals surface area contributed by atoms with Crippen LogP contribution in [0.2, 0.25) is 0 Å². The van der Waals surface area contributed by atoms with Crippen LogP contribution in [0.5, 0.6) is 0 Å². The summed E-state index contributed by atoms with van der Waals surface area (Å²) >= 11 is 0. The molecule has 0 fully saturated rings. The van der Waals surface area contributed by atoms with E-state index in [1.807, 2.05) is 0 Å². The largest absolute Gasteiger partial charge is 0.303 e. The number of rotatable bonds is 11. The second-order valence-electron chi connectivity index (χ2n) is 8.09. The molecule has 0 atom stereocenters. The lowest BCUT2D eigenvalue weighted by Crippen LogP contribution is -2.37. The first-order valence-corrected chi connectivity index (χ1v) is 14.7. The third-order valence-corrected chi connectivity index (χ3v) is 11.5. The van der Waals surface area contributed by atoms with Gasteiger partial charge < -0.3 is 4.90 Å². The number of hydrogen-bond acceptors (Lipinski definition) is 2. The lowest BCUT2D eigenvalue weighted by atomic mass is 10.4. The Morgan fingerprint density at radius 3 is 1.00 bits per heavy atom. The highest BCUT2D eigenvalue weighted by Gasteiger charge is 2.31. The Morgan fingerprint density at radius 2 is 0.735 bits per heavy atom. The van der Waals surface area contributed by atoms with Gasteiger partial charge in [-0.2, -0.15) is 0 Å². The monoisotopic (exact) mass is 484 g/mol. The molecule has 0 spiro atoms. The Morgan fingerprint density at radius 1 is 0.441 bits per heavy atom. The fraction of sp³-hybridized carbons (Fsp3) is 0.200. The van der Waals surface area contributed by atoms with Crippen molar-refractivity contribution in [3.8, 4) is 0 Å². The zero-order valence-electron chi connectivity index (χ0n) is 20.2. The topological polar surface area (TPSA) is 6.48 Å². The normalized spacial score (nSPS) is 11.6. The molecule has 0 aliphatic rings. The molecule has 0 saturated carbocycles. The second kappa shape index (κ2) is 12.9. The van der Waals surface area contributed by atoms with Gasteiger partial charge in [0, 0.05) is 29.2 Å². The van der Waals surface area contributed by atoms with Gasteiger partial charge in [-0.05, 0) is 34.3 Å². The molecule has 2 nitrogen and oxygen atoms in total. The van der Waals surface area contributed by atoms with Crippen LogP contribution in [0.15, 0.2) is 121 Å². The van der Waals surface area contributed by atoms with Crippen molar-refractivity contribution in [2.45, 2.75) is 13.8 Å². The summed E-state index contributed by atoms with van der Waals surface area (Å²) in [5.74, 6) is 0. The van der Waals surface area contributed by atoms with Crippen LogP contribution >= 0.6 is 16.1 Å². The Bertz CT molecular complexity index is 926. The Labute approximate surface area is 207 Å². The molecule has 174 valence electrons. The summed E-state index contributed by atoms with van der Waals surface area (Å²) in [6.45, 7) is 8.77. The Kier molecular flexibility index (Phi) is 9.43. The Hall–Kier alpha value is -2.34. The third kappa shape index (κ3) is 6.21. The van der Waals surface area contributed by atoms with Crippen molar-refractivity contribution in [2.75, 3.05) is 26.2 Å². The molecule has 0 unspecified atom stereocenters. The van der Waals surface area contributed by atoms with Gasteiger partial charge in [-0.1, -0.05) is 135 Å². The van der Waals surface area contributed by atoms with E-state index in [0.717, 1.165) is 26.2 Å². The van der Waals surface area contributed by atoms with Crippen molar-refractivity contribution in [1.82, 2.24) is 9.34 Å². The zero-order valence-corrected chi connectivity index (χ0v) is 22.0. The van der Waals surface area contributed by atoms with Gasteiger partial charge in [0.15, 0.2) is 0 Å². The van der Waals surface area contributed by atoms with E-state index in [9.17, 15) is 0 Å². The maximum absolute atomic E-state index is 2.83. The van der Waals surface area contributed by atoms with Gasteiger partial charge in [-0.25, -0.2) is 4.44 Å². The van der Waals surface area contributed by atoms with E-state index in [4.69, 9.17) is 0 Å². The summed E-state index contributed by atoms with van der Waals surface area (Å²) in [5.41, 5.74) is 0. The predicted molar refractivity (Wildman–Crippen MR) is 153 cm³/mol. The first-order chi connectivity index (χ1) is 16.8. The van der Waals surface area contributed by atoms with Gasteiger partial charge in [0.25, 0.3) is 0 Å². The van der Waals surface area contributed by atoms with Crippen molar-refractivity contribution >= 4 is 37.4 Å². The molecule has 4 rings (SSSR count). The van der Waals surface area contributed by atoms with Crippen LogP contribution < -0.4 is 21.2 Å². The average Bonchev–Trinajstić information content (AvgIpc) is 2.92. The number of nitrogens with zero attached hydrogens (tertiary/aromatic N) is 2. The first kappa shape index (κ1) is 24.8. The van der Waals surface area contributed by atoms with Crippen molar-refractivity contribution in [3.05, 3.63) is 121 Å². The predicted octanol–water partition coefficient (Wildman–Crippen LogP) is 5.73. The van der Waals surface area contributed by atoms with Crippen LogP contribution in [0.25, 0.3) is 0 Å². The molecule has 0 heterocycles. The summed E-state index contributed by atoms with van der Waals surface area (Å²) in [7, 11) is -1.41. The molecule has 4 aromatic rings. The molecule has 0 saturated heterocycles. The van der Waals surface area contributed by atoms with Crippen molar-refractivity contribution in [1.29, 1.82) is 0 Å². The van der Waals surface area contributed by atoms with Gasteiger partial charge >= 0.3 is 0 Å². The van der Waals surface area contributed by atoms with E-state index in [1.54, 1.807) is 0 Å². The standard InChI is InChI=1S/C30H34N2P2/c1-3-31(4-2)25-26-32(33(27-17-9-5-10-18-27)28-19-11-6-12-20-28)34(29-21-13-7-14-22-29)30-23-15-8-16-24-30/h5-24H,3-4,25-26H2,1-2H3. The minimum absolute atomic E-state index is 0.706. The van der Waals surface area contributed by atoms with Crippen LogP contribution in [-0.4, -0.2) is 35.5 Å². The molecule has 0 aliphatic heterocycles. The number of hydrogen-bond donors (Lipinski definition) is 0. The fourth-order valence-corrected chi connectivity index (χ4v) is 10.2. The van der Waals surface area contributed by atoms with E-state index >= 15 is 0 Å². The number of benzene rings is 4. The highest BCUT2D eigenvalue weighted by atomic mass is 31.2. The average molecular weight is 485 g/mol. The molecule has 0 N–H and O–H groups in total. The second-order valence-corrected chi connectivity index (χ2v) is 12.7. The lowest BCUT2D eigenvalue weighted by Gasteiger charge is -2.40.